The van der Waals surface area contributed by atoms with Crippen LogP contribution in [0.3, 0.4) is 0 Å². The zero-order valence-corrected chi connectivity index (χ0v) is 11.1. The van der Waals surface area contributed by atoms with Crippen molar-refractivity contribution in [2.45, 2.75) is 18.8 Å². The van der Waals surface area contributed by atoms with Crippen LogP contribution in [0.2, 0.25) is 0 Å². The molecule has 0 radical (unpaired) electrons. The Labute approximate surface area is 106 Å². The monoisotopic (exact) mass is 275 g/mol. The molecule has 0 N–H and O–H groups in total. The Bertz CT molecular complexity index is 489. The lowest BCUT2D eigenvalue weighted by Crippen LogP contribution is -2.47. The predicted octanol–water partition coefficient (Wildman–Crippen LogP) is 0.839. The van der Waals surface area contributed by atoms with Gasteiger partial charge in [0.2, 0.25) is 0 Å². The minimum atomic E-state index is -2.90. The molecule has 1 aliphatic rings. The first kappa shape index (κ1) is 12.6. The van der Waals surface area contributed by atoms with Crippen LogP contribution in [-0.4, -0.2) is 42.5 Å². The predicted molar refractivity (Wildman–Crippen MR) is 67.1 cm³/mol. The van der Waals surface area contributed by atoms with E-state index >= 15 is 0 Å². The summed E-state index contributed by atoms with van der Waals surface area (Å²) in [6, 6.07) is -0.0649. The second-order valence-electron chi connectivity index (χ2n) is 4.16. The van der Waals surface area contributed by atoms with Crippen molar-refractivity contribution in [2.24, 2.45) is 0 Å². The molecule has 5 nitrogen and oxygen atoms in total. The molecule has 0 bridgehead atoms. The summed E-state index contributed by atoms with van der Waals surface area (Å²) >= 11 is 5.64. The molecule has 7 heteroatoms. The molecule has 17 heavy (non-hydrogen) atoms. The lowest BCUT2D eigenvalue weighted by Gasteiger charge is -2.33. The minimum Gasteiger partial charge on any atom is -0.351 e. The van der Waals surface area contributed by atoms with Gasteiger partial charge in [0.1, 0.15) is 5.82 Å². The third-order valence-corrected chi connectivity index (χ3v) is 4.86. The van der Waals surface area contributed by atoms with Crippen LogP contribution in [0.5, 0.6) is 0 Å². The van der Waals surface area contributed by atoms with Crippen molar-refractivity contribution in [3.8, 4) is 0 Å². The first-order chi connectivity index (χ1) is 8.02. The molecule has 94 valence electrons. The summed E-state index contributed by atoms with van der Waals surface area (Å²) in [7, 11) is -2.90. The number of halogens is 1. The van der Waals surface area contributed by atoms with Crippen LogP contribution in [0.15, 0.2) is 12.4 Å². The second-order valence-corrected chi connectivity index (χ2v) is 6.65. The summed E-state index contributed by atoms with van der Waals surface area (Å²) in [5, 5.41) is 0. The molecule has 1 atom stereocenters. The zero-order chi connectivity index (χ0) is 12.5. The molecule has 1 aliphatic heterocycles. The van der Waals surface area contributed by atoms with Crippen molar-refractivity contribution >= 4 is 27.3 Å². The highest BCUT2D eigenvalue weighted by Crippen LogP contribution is 2.18. The molecular formula is C10H14ClN3O2S. The van der Waals surface area contributed by atoms with Crippen LogP contribution < -0.4 is 4.90 Å². The van der Waals surface area contributed by atoms with Crippen molar-refractivity contribution in [3.05, 3.63) is 18.1 Å². The second kappa shape index (κ2) is 4.78. The van der Waals surface area contributed by atoms with Crippen LogP contribution in [0.4, 0.5) is 5.82 Å². The van der Waals surface area contributed by atoms with E-state index in [0.717, 1.165) is 0 Å². The SMILES string of the molecule is CC1CS(=O)(=O)CCN1c1cnc(CCl)cn1. The molecule has 0 saturated carbocycles. The smallest absolute Gasteiger partial charge is 0.154 e. The number of rotatable bonds is 2. The summed E-state index contributed by atoms with van der Waals surface area (Å²) in [5.74, 6) is 1.39. The molecule has 2 heterocycles. The van der Waals surface area contributed by atoms with Gasteiger partial charge < -0.3 is 4.90 Å². The molecule has 2 rings (SSSR count). The normalized spacial score (nSPS) is 23.6. The number of hydrogen-bond donors (Lipinski definition) is 0. The van der Waals surface area contributed by atoms with Gasteiger partial charge >= 0.3 is 0 Å². The lowest BCUT2D eigenvalue weighted by molar-refractivity contribution is 0.566. The van der Waals surface area contributed by atoms with Crippen molar-refractivity contribution in [1.82, 2.24) is 9.97 Å². The average molecular weight is 276 g/mol. The molecule has 1 fully saturated rings. The quantitative estimate of drug-likeness (QED) is 0.749. The number of aromatic nitrogens is 2. The molecule has 1 aromatic heterocycles. The standard InChI is InChI=1S/C10H14ClN3O2S/c1-8-7-17(15,16)3-2-14(8)10-6-12-9(4-11)5-13-10/h5-6,8H,2-4,7H2,1H3. The highest BCUT2D eigenvalue weighted by molar-refractivity contribution is 7.91. The van der Waals surface area contributed by atoms with Crippen LogP contribution in [0, 0.1) is 0 Å². The summed E-state index contributed by atoms with van der Waals surface area (Å²) in [5.41, 5.74) is 0.715. The van der Waals surface area contributed by atoms with Gasteiger partial charge in [-0.2, -0.15) is 0 Å². The molecule has 0 amide bonds. The molecule has 1 saturated heterocycles. The summed E-state index contributed by atoms with van der Waals surface area (Å²) in [6.45, 7) is 2.35. The number of hydrogen-bond acceptors (Lipinski definition) is 5. The van der Waals surface area contributed by atoms with Crippen LogP contribution in [-0.2, 0) is 15.7 Å². The third kappa shape index (κ3) is 2.87. The minimum absolute atomic E-state index is 0.0649. The van der Waals surface area contributed by atoms with Gasteiger partial charge in [0, 0.05) is 12.6 Å². The van der Waals surface area contributed by atoms with E-state index in [1.165, 1.54) is 0 Å². The highest BCUT2D eigenvalue weighted by atomic mass is 35.5. The largest absolute Gasteiger partial charge is 0.351 e. The van der Waals surface area contributed by atoms with E-state index < -0.39 is 9.84 Å². The molecule has 0 aromatic carbocycles. The zero-order valence-electron chi connectivity index (χ0n) is 9.50. The number of alkyl halides is 1. The van der Waals surface area contributed by atoms with E-state index in [-0.39, 0.29) is 17.5 Å². The third-order valence-electron chi connectivity index (χ3n) is 2.79. The summed E-state index contributed by atoms with van der Waals surface area (Å²) < 4.78 is 22.9. The van der Waals surface area contributed by atoms with E-state index in [1.807, 2.05) is 11.8 Å². The van der Waals surface area contributed by atoms with Crippen molar-refractivity contribution < 1.29 is 8.42 Å². The van der Waals surface area contributed by atoms with E-state index in [9.17, 15) is 8.42 Å². The number of nitrogens with zero attached hydrogens (tertiary/aromatic N) is 3. The molecular weight excluding hydrogens is 262 g/mol. The number of sulfone groups is 1. The Morgan fingerprint density at radius 3 is 2.76 bits per heavy atom. The molecule has 0 spiro atoms. The molecule has 1 aromatic rings. The number of anilines is 1. The van der Waals surface area contributed by atoms with Gasteiger partial charge in [-0.3, -0.25) is 4.98 Å². The summed E-state index contributed by atoms with van der Waals surface area (Å²) in [6.07, 6.45) is 3.27. The van der Waals surface area contributed by atoms with Gasteiger partial charge in [0.25, 0.3) is 0 Å². The first-order valence-corrected chi connectivity index (χ1v) is 7.71. The Kier molecular flexibility index (Phi) is 3.53. The van der Waals surface area contributed by atoms with Crippen LogP contribution >= 0.6 is 11.6 Å². The van der Waals surface area contributed by atoms with Crippen LogP contribution in [0.1, 0.15) is 12.6 Å². The van der Waals surface area contributed by atoms with Gasteiger partial charge in [0.15, 0.2) is 9.84 Å². The maximum absolute atomic E-state index is 11.5. The van der Waals surface area contributed by atoms with Crippen molar-refractivity contribution in [2.75, 3.05) is 23.0 Å². The fraction of sp³-hybridized carbons (Fsp3) is 0.600. The maximum atomic E-state index is 11.5. The lowest BCUT2D eigenvalue weighted by atomic mass is 10.3. The van der Waals surface area contributed by atoms with Gasteiger partial charge in [0.05, 0.1) is 35.5 Å². The Morgan fingerprint density at radius 2 is 2.24 bits per heavy atom. The topological polar surface area (TPSA) is 63.2 Å². The Balaban J connectivity index is 2.17. The van der Waals surface area contributed by atoms with E-state index in [1.54, 1.807) is 12.4 Å². The van der Waals surface area contributed by atoms with E-state index in [2.05, 4.69) is 9.97 Å². The summed E-state index contributed by atoms with van der Waals surface area (Å²) in [4.78, 5) is 10.4. The fourth-order valence-corrected chi connectivity index (χ4v) is 3.60. The van der Waals surface area contributed by atoms with E-state index in [4.69, 9.17) is 11.6 Å². The molecule has 0 aliphatic carbocycles. The maximum Gasteiger partial charge on any atom is 0.154 e. The van der Waals surface area contributed by atoms with Crippen molar-refractivity contribution in [1.29, 1.82) is 0 Å². The van der Waals surface area contributed by atoms with Crippen molar-refractivity contribution in [3.63, 3.8) is 0 Å². The van der Waals surface area contributed by atoms with Gasteiger partial charge in [-0.15, -0.1) is 11.6 Å². The van der Waals surface area contributed by atoms with Gasteiger partial charge in [-0.25, -0.2) is 13.4 Å². The average Bonchev–Trinajstić information content (AvgIpc) is 2.28. The fourth-order valence-electron chi connectivity index (χ4n) is 1.90. The molecule has 1 unspecified atom stereocenters. The van der Waals surface area contributed by atoms with Gasteiger partial charge in [-0.1, -0.05) is 0 Å². The first-order valence-electron chi connectivity index (χ1n) is 5.36. The van der Waals surface area contributed by atoms with Gasteiger partial charge in [-0.05, 0) is 6.92 Å². The van der Waals surface area contributed by atoms with Crippen LogP contribution in [0.25, 0.3) is 0 Å². The highest BCUT2D eigenvalue weighted by Gasteiger charge is 2.28. The van der Waals surface area contributed by atoms with E-state index in [0.29, 0.717) is 23.9 Å². The Morgan fingerprint density at radius 1 is 1.47 bits per heavy atom. The Hall–Kier alpha value is -0.880.